The zero-order chi connectivity index (χ0) is 13.0. The average molecular weight is 247 g/mol. The Morgan fingerprint density at radius 2 is 2.44 bits per heavy atom. The van der Waals surface area contributed by atoms with Crippen LogP contribution in [0.1, 0.15) is 38.3 Å². The van der Waals surface area contributed by atoms with Crippen LogP contribution in [0.4, 0.5) is 0 Å². The molecule has 3 atom stereocenters. The molecule has 2 rings (SSSR count). The molecule has 4 heteroatoms. The van der Waals surface area contributed by atoms with Crippen LogP contribution in [0.3, 0.4) is 0 Å². The third kappa shape index (κ3) is 3.29. The molecular formula is C14H21N3O. The highest BCUT2D eigenvalue weighted by Gasteiger charge is 2.25. The molecule has 0 bridgehead atoms. The Morgan fingerprint density at radius 3 is 3.11 bits per heavy atom. The molecule has 4 nitrogen and oxygen atoms in total. The maximum absolute atomic E-state index is 12.2. The van der Waals surface area contributed by atoms with E-state index in [4.69, 9.17) is 0 Å². The monoisotopic (exact) mass is 247 g/mol. The first-order valence-corrected chi connectivity index (χ1v) is 6.60. The van der Waals surface area contributed by atoms with E-state index in [1.165, 1.54) is 0 Å². The number of piperidine rings is 1. The van der Waals surface area contributed by atoms with Gasteiger partial charge in [-0.1, -0.05) is 6.07 Å². The summed E-state index contributed by atoms with van der Waals surface area (Å²) in [4.78, 5) is 16.2. The molecule has 2 heterocycles. The Kier molecular flexibility index (Phi) is 4.31. The SMILES string of the molecule is CC(NC(=O)[C@H]1CCN[C@@H](C)C1)c1cccnc1. The zero-order valence-electron chi connectivity index (χ0n) is 11.0. The molecule has 1 fully saturated rings. The summed E-state index contributed by atoms with van der Waals surface area (Å²) in [5.74, 6) is 0.306. The molecule has 1 aromatic rings. The number of hydrogen-bond donors (Lipinski definition) is 2. The number of nitrogens with zero attached hydrogens (tertiary/aromatic N) is 1. The van der Waals surface area contributed by atoms with Gasteiger partial charge in [0.2, 0.25) is 5.91 Å². The quantitative estimate of drug-likeness (QED) is 0.854. The molecule has 0 spiro atoms. The Morgan fingerprint density at radius 1 is 1.61 bits per heavy atom. The molecule has 0 aliphatic carbocycles. The number of amides is 1. The van der Waals surface area contributed by atoms with Crippen molar-refractivity contribution in [2.24, 2.45) is 5.92 Å². The topological polar surface area (TPSA) is 54.0 Å². The Hall–Kier alpha value is -1.42. The lowest BCUT2D eigenvalue weighted by Crippen LogP contribution is -2.42. The number of carbonyl (C=O) groups is 1. The lowest BCUT2D eigenvalue weighted by molar-refractivity contribution is -0.126. The minimum atomic E-state index is 0.0244. The fraction of sp³-hybridized carbons (Fsp3) is 0.571. The van der Waals surface area contributed by atoms with E-state index in [1.807, 2.05) is 19.1 Å². The summed E-state index contributed by atoms with van der Waals surface area (Å²) in [6.07, 6.45) is 5.39. The van der Waals surface area contributed by atoms with Gasteiger partial charge in [-0.3, -0.25) is 9.78 Å². The summed E-state index contributed by atoms with van der Waals surface area (Å²) in [7, 11) is 0. The number of hydrogen-bond acceptors (Lipinski definition) is 3. The van der Waals surface area contributed by atoms with Crippen molar-refractivity contribution in [2.45, 2.75) is 38.8 Å². The first-order chi connectivity index (χ1) is 8.66. The van der Waals surface area contributed by atoms with E-state index in [-0.39, 0.29) is 17.9 Å². The van der Waals surface area contributed by atoms with Gasteiger partial charge in [-0.25, -0.2) is 0 Å². The van der Waals surface area contributed by atoms with Gasteiger partial charge in [0.05, 0.1) is 6.04 Å². The summed E-state index contributed by atoms with van der Waals surface area (Å²) < 4.78 is 0. The van der Waals surface area contributed by atoms with Gasteiger partial charge in [-0.05, 0) is 44.9 Å². The average Bonchev–Trinajstić information content (AvgIpc) is 2.39. The molecule has 18 heavy (non-hydrogen) atoms. The van der Waals surface area contributed by atoms with Gasteiger partial charge >= 0.3 is 0 Å². The van der Waals surface area contributed by atoms with Crippen molar-refractivity contribution in [3.8, 4) is 0 Å². The fourth-order valence-corrected chi connectivity index (χ4v) is 2.42. The third-order valence-electron chi connectivity index (χ3n) is 3.54. The van der Waals surface area contributed by atoms with Crippen LogP contribution < -0.4 is 10.6 Å². The van der Waals surface area contributed by atoms with Gasteiger partial charge in [0.1, 0.15) is 0 Å². The molecular weight excluding hydrogens is 226 g/mol. The predicted molar refractivity (Wildman–Crippen MR) is 71.0 cm³/mol. The summed E-state index contributed by atoms with van der Waals surface area (Å²) in [6, 6.07) is 4.34. The normalized spacial score (nSPS) is 25.4. The van der Waals surface area contributed by atoms with Crippen LogP contribution in [-0.4, -0.2) is 23.5 Å². The first kappa shape index (κ1) is 13.0. The summed E-state index contributed by atoms with van der Waals surface area (Å²) in [6.45, 7) is 5.06. The number of pyridine rings is 1. The van der Waals surface area contributed by atoms with Crippen LogP contribution in [0, 0.1) is 5.92 Å². The molecule has 2 N–H and O–H groups in total. The molecule has 1 unspecified atom stereocenters. The van der Waals surface area contributed by atoms with E-state index in [0.717, 1.165) is 24.9 Å². The van der Waals surface area contributed by atoms with E-state index in [1.54, 1.807) is 12.4 Å². The zero-order valence-corrected chi connectivity index (χ0v) is 11.0. The van der Waals surface area contributed by atoms with Crippen LogP contribution in [0.25, 0.3) is 0 Å². The van der Waals surface area contributed by atoms with Gasteiger partial charge < -0.3 is 10.6 Å². The van der Waals surface area contributed by atoms with Crippen LogP contribution >= 0.6 is 0 Å². The minimum Gasteiger partial charge on any atom is -0.349 e. The second-order valence-electron chi connectivity index (χ2n) is 5.09. The number of carbonyl (C=O) groups excluding carboxylic acids is 1. The Labute approximate surface area is 108 Å². The summed E-state index contributed by atoms with van der Waals surface area (Å²) in [5, 5.41) is 6.44. The van der Waals surface area contributed by atoms with Crippen molar-refractivity contribution in [3.05, 3.63) is 30.1 Å². The Bertz CT molecular complexity index is 393. The molecule has 0 aromatic carbocycles. The third-order valence-corrected chi connectivity index (χ3v) is 3.54. The number of nitrogens with one attached hydrogen (secondary N) is 2. The summed E-state index contributed by atoms with van der Waals surface area (Å²) >= 11 is 0. The van der Waals surface area contributed by atoms with Gasteiger partial charge in [0.25, 0.3) is 0 Å². The van der Waals surface area contributed by atoms with Crippen LogP contribution in [0.5, 0.6) is 0 Å². The largest absolute Gasteiger partial charge is 0.349 e. The van der Waals surface area contributed by atoms with E-state index in [9.17, 15) is 4.79 Å². The molecule has 1 amide bonds. The highest BCUT2D eigenvalue weighted by molar-refractivity contribution is 5.79. The van der Waals surface area contributed by atoms with E-state index in [2.05, 4.69) is 22.5 Å². The van der Waals surface area contributed by atoms with Crippen molar-refractivity contribution in [2.75, 3.05) is 6.54 Å². The van der Waals surface area contributed by atoms with Crippen molar-refractivity contribution in [1.82, 2.24) is 15.6 Å². The van der Waals surface area contributed by atoms with Crippen LogP contribution in [-0.2, 0) is 4.79 Å². The van der Waals surface area contributed by atoms with Crippen LogP contribution in [0.2, 0.25) is 0 Å². The number of aromatic nitrogens is 1. The second kappa shape index (κ2) is 5.96. The standard InChI is InChI=1S/C14H21N3O/c1-10-8-12(5-7-16-10)14(18)17-11(2)13-4-3-6-15-9-13/h3-4,6,9-12,16H,5,7-8H2,1-2H3,(H,17,18)/t10-,11?,12-/m0/s1. The van der Waals surface area contributed by atoms with Crippen molar-refractivity contribution in [1.29, 1.82) is 0 Å². The van der Waals surface area contributed by atoms with Gasteiger partial charge in [-0.15, -0.1) is 0 Å². The van der Waals surface area contributed by atoms with Gasteiger partial charge in [-0.2, -0.15) is 0 Å². The maximum Gasteiger partial charge on any atom is 0.223 e. The molecule has 0 radical (unpaired) electrons. The van der Waals surface area contributed by atoms with Gasteiger partial charge in [0, 0.05) is 24.4 Å². The highest BCUT2D eigenvalue weighted by Crippen LogP contribution is 2.18. The molecule has 1 saturated heterocycles. The molecule has 1 aliphatic rings. The molecule has 98 valence electrons. The van der Waals surface area contributed by atoms with Gasteiger partial charge in [0.15, 0.2) is 0 Å². The second-order valence-corrected chi connectivity index (χ2v) is 5.09. The minimum absolute atomic E-state index is 0.0244. The van der Waals surface area contributed by atoms with Crippen molar-refractivity contribution < 1.29 is 4.79 Å². The maximum atomic E-state index is 12.2. The van der Waals surface area contributed by atoms with E-state index in [0.29, 0.717) is 6.04 Å². The lowest BCUT2D eigenvalue weighted by Gasteiger charge is -2.28. The smallest absolute Gasteiger partial charge is 0.223 e. The predicted octanol–water partition coefficient (Wildman–Crippen LogP) is 1.65. The van der Waals surface area contributed by atoms with Crippen LogP contribution in [0.15, 0.2) is 24.5 Å². The highest BCUT2D eigenvalue weighted by atomic mass is 16.1. The molecule has 0 saturated carbocycles. The molecule has 1 aromatic heterocycles. The Balaban J connectivity index is 1.91. The first-order valence-electron chi connectivity index (χ1n) is 6.60. The van der Waals surface area contributed by atoms with E-state index < -0.39 is 0 Å². The molecule has 1 aliphatic heterocycles. The van der Waals surface area contributed by atoms with Crippen molar-refractivity contribution >= 4 is 5.91 Å². The van der Waals surface area contributed by atoms with E-state index >= 15 is 0 Å². The number of rotatable bonds is 3. The lowest BCUT2D eigenvalue weighted by atomic mass is 9.92. The van der Waals surface area contributed by atoms with Crippen molar-refractivity contribution in [3.63, 3.8) is 0 Å². The summed E-state index contributed by atoms with van der Waals surface area (Å²) in [5.41, 5.74) is 1.05. The fourth-order valence-electron chi connectivity index (χ4n) is 2.42.